The van der Waals surface area contributed by atoms with Crippen LogP contribution in [0.2, 0.25) is 0 Å². The molecule has 0 heterocycles. The van der Waals surface area contributed by atoms with E-state index in [9.17, 15) is 0 Å². The van der Waals surface area contributed by atoms with E-state index in [0.29, 0.717) is 13.6 Å². The molecule has 0 saturated heterocycles. The Morgan fingerprint density at radius 2 is 0.644 bits per heavy atom. The van der Waals surface area contributed by atoms with Gasteiger partial charge in [0.2, 0.25) is 0 Å². The summed E-state index contributed by atoms with van der Waals surface area (Å²) in [7, 11) is 0. The summed E-state index contributed by atoms with van der Waals surface area (Å²) in [6.07, 6.45) is 47.3. The summed E-state index contributed by atoms with van der Waals surface area (Å²) < 4.78 is 17.1. The average Bonchev–Trinajstić information content (AvgIpc) is 3.04. The largest absolute Gasteiger partial charge is 0.352 e. The van der Waals surface area contributed by atoms with Gasteiger partial charge in [0.1, 0.15) is 13.6 Å². The number of hydrogen-bond acceptors (Lipinski definition) is 3. The summed E-state index contributed by atoms with van der Waals surface area (Å²) in [6.45, 7) is 4.89. The van der Waals surface area contributed by atoms with Gasteiger partial charge in [0.05, 0.1) is 12.2 Å². The van der Waals surface area contributed by atoms with E-state index in [4.69, 9.17) is 14.2 Å². The molecule has 0 aromatic rings. The van der Waals surface area contributed by atoms with Crippen molar-refractivity contribution in [1.82, 2.24) is 0 Å². The molecule has 0 aromatic carbocycles. The predicted molar refractivity (Wildman–Crippen MR) is 207 cm³/mol. The van der Waals surface area contributed by atoms with Crippen LogP contribution < -0.4 is 0 Å². The van der Waals surface area contributed by atoms with Gasteiger partial charge in [-0.05, 0) is 78.1 Å². The third kappa shape index (κ3) is 40.4. The molecule has 0 rings (SSSR count). The lowest BCUT2D eigenvalue weighted by atomic mass is 10.1. The van der Waals surface area contributed by atoms with Crippen molar-refractivity contribution in [2.24, 2.45) is 0 Å². The molecule has 5 heteroatoms. The standard InChI is InChI=1S/C40H76Br2O3/c1-39(33-29-25-21-17-13-9-5-3-7-11-15-19-23-27-31-35-41)44-37-43-38-45-40(2)34-30-26-22-18-14-10-6-4-8-12-16-20-24-28-32-36-42/h21-22,25-26,39-40H,3-20,23-24,27-38H2,1-2H3. The number of halogens is 2. The average molecular weight is 765 g/mol. The van der Waals surface area contributed by atoms with Crippen LogP contribution in [0.5, 0.6) is 0 Å². The molecular weight excluding hydrogens is 688 g/mol. The molecule has 2 unspecified atom stereocenters. The first-order valence-corrected chi connectivity index (χ1v) is 21.7. The molecule has 0 radical (unpaired) electrons. The first-order valence-electron chi connectivity index (χ1n) is 19.4. The summed E-state index contributed by atoms with van der Waals surface area (Å²) in [6, 6.07) is 0. The molecule has 268 valence electrons. The highest BCUT2D eigenvalue weighted by Gasteiger charge is 2.03. The minimum atomic E-state index is 0.213. The Kier molecular flexibility index (Phi) is 40.8. The van der Waals surface area contributed by atoms with E-state index in [0.717, 1.165) is 25.7 Å². The van der Waals surface area contributed by atoms with Gasteiger partial charge < -0.3 is 14.2 Å². The zero-order chi connectivity index (χ0) is 32.7. The van der Waals surface area contributed by atoms with Gasteiger partial charge in [0.25, 0.3) is 0 Å². The van der Waals surface area contributed by atoms with Crippen molar-refractivity contribution < 1.29 is 14.2 Å². The maximum absolute atomic E-state index is 5.79. The molecule has 0 N–H and O–H groups in total. The van der Waals surface area contributed by atoms with Crippen molar-refractivity contribution in [1.29, 1.82) is 0 Å². The van der Waals surface area contributed by atoms with Gasteiger partial charge in [-0.3, -0.25) is 0 Å². The third-order valence-corrected chi connectivity index (χ3v) is 9.82. The van der Waals surface area contributed by atoms with Crippen molar-refractivity contribution in [3.05, 3.63) is 24.3 Å². The van der Waals surface area contributed by atoms with Crippen LogP contribution >= 0.6 is 31.9 Å². The van der Waals surface area contributed by atoms with Crippen LogP contribution in [-0.4, -0.2) is 36.5 Å². The van der Waals surface area contributed by atoms with Gasteiger partial charge in [0, 0.05) is 10.7 Å². The van der Waals surface area contributed by atoms with E-state index in [-0.39, 0.29) is 12.2 Å². The molecule has 3 nitrogen and oxygen atoms in total. The Balaban J connectivity index is 3.35. The van der Waals surface area contributed by atoms with E-state index in [1.807, 2.05) is 0 Å². The normalized spacial score (nSPS) is 13.4. The zero-order valence-electron chi connectivity index (χ0n) is 30.1. The summed E-state index contributed by atoms with van der Waals surface area (Å²) >= 11 is 7.02. The lowest BCUT2D eigenvalue weighted by molar-refractivity contribution is -0.160. The van der Waals surface area contributed by atoms with Crippen LogP contribution in [0.4, 0.5) is 0 Å². The minimum absolute atomic E-state index is 0.213. The topological polar surface area (TPSA) is 27.7 Å². The maximum Gasteiger partial charge on any atom is 0.149 e. The van der Waals surface area contributed by atoms with Gasteiger partial charge >= 0.3 is 0 Å². The smallest absolute Gasteiger partial charge is 0.149 e. The first kappa shape index (κ1) is 45.3. The van der Waals surface area contributed by atoms with Crippen molar-refractivity contribution in [2.75, 3.05) is 24.2 Å². The molecule has 0 spiro atoms. The number of allylic oxidation sites excluding steroid dienone is 4. The highest BCUT2D eigenvalue weighted by molar-refractivity contribution is 9.09. The SMILES string of the molecule is CC(CCC=CCCCCCCCCCCCCCBr)OCOCOC(C)CCC=CCCCCCCCCCCCCCBr. The van der Waals surface area contributed by atoms with E-state index in [2.05, 4.69) is 70.0 Å². The number of hydrogen-bond donors (Lipinski definition) is 0. The van der Waals surface area contributed by atoms with Crippen LogP contribution in [0.3, 0.4) is 0 Å². The van der Waals surface area contributed by atoms with Gasteiger partial charge in [-0.2, -0.15) is 0 Å². The van der Waals surface area contributed by atoms with Gasteiger partial charge in [-0.25, -0.2) is 0 Å². The number of unbranched alkanes of at least 4 members (excludes halogenated alkanes) is 22. The van der Waals surface area contributed by atoms with Crippen LogP contribution in [0.25, 0.3) is 0 Å². The molecular formula is C40H76Br2O3. The molecule has 2 atom stereocenters. The summed E-state index contributed by atoms with van der Waals surface area (Å²) in [5, 5.41) is 2.33. The van der Waals surface area contributed by atoms with Gasteiger partial charge in [-0.1, -0.05) is 172 Å². The Bertz CT molecular complexity index is 548. The van der Waals surface area contributed by atoms with E-state index >= 15 is 0 Å². The zero-order valence-corrected chi connectivity index (χ0v) is 33.2. The second kappa shape index (κ2) is 40.5. The highest BCUT2D eigenvalue weighted by Crippen LogP contribution is 2.14. The Hall–Kier alpha value is 0.320. The predicted octanol–water partition coefficient (Wildman–Crippen LogP) is 14.6. The first-order chi connectivity index (χ1) is 22.2. The monoisotopic (exact) mass is 762 g/mol. The summed E-state index contributed by atoms with van der Waals surface area (Å²) in [5.74, 6) is 0. The van der Waals surface area contributed by atoms with Crippen LogP contribution in [0, 0.1) is 0 Å². The van der Waals surface area contributed by atoms with Gasteiger partial charge in [-0.15, -0.1) is 0 Å². The second-order valence-electron chi connectivity index (χ2n) is 13.2. The van der Waals surface area contributed by atoms with E-state index < -0.39 is 0 Å². The third-order valence-electron chi connectivity index (χ3n) is 8.69. The molecule has 0 fully saturated rings. The fourth-order valence-corrected chi connectivity index (χ4v) is 6.35. The van der Waals surface area contributed by atoms with E-state index in [1.165, 1.54) is 165 Å². The fourth-order valence-electron chi connectivity index (χ4n) is 5.56. The summed E-state index contributed by atoms with van der Waals surface area (Å²) in [4.78, 5) is 0. The number of ether oxygens (including phenoxy) is 3. The molecule has 45 heavy (non-hydrogen) atoms. The molecule has 0 aliphatic carbocycles. The minimum Gasteiger partial charge on any atom is -0.352 e. The van der Waals surface area contributed by atoms with Crippen LogP contribution in [0.15, 0.2) is 24.3 Å². The molecule has 0 aliphatic heterocycles. The quantitative estimate of drug-likeness (QED) is 0.0271. The highest BCUT2D eigenvalue weighted by atomic mass is 79.9. The fraction of sp³-hybridized carbons (Fsp3) is 0.900. The second-order valence-corrected chi connectivity index (χ2v) is 14.8. The lowest BCUT2D eigenvalue weighted by Gasteiger charge is -2.14. The Morgan fingerprint density at radius 1 is 0.378 bits per heavy atom. The molecule has 0 bridgehead atoms. The molecule has 0 aromatic heterocycles. The summed E-state index contributed by atoms with van der Waals surface area (Å²) in [5.41, 5.74) is 0. The van der Waals surface area contributed by atoms with Crippen LogP contribution in [-0.2, 0) is 14.2 Å². The van der Waals surface area contributed by atoms with Crippen molar-refractivity contribution >= 4 is 31.9 Å². The molecule has 0 saturated carbocycles. The number of alkyl halides is 2. The molecule has 0 aliphatic rings. The Labute approximate surface area is 299 Å². The molecule has 0 amide bonds. The van der Waals surface area contributed by atoms with Gasteiger partial charge in [0.15, 0.2) is 0 Å². The van der Waals surface area contributed by atoms with Crippen LogP contribution in [0.1, 0.15) is 194 Å². The van der Waals surface area contributed by atoms with E-state index in [1.54, 1.807) is 0 Å². The lowest BCUT2D eigenvalue weighted by Crippen LogP contribution is -2.15. The Morgan fingerprint density at radius 3 is 0.956 bits per heavy atom. The van der Waals surface area contributed by atoms with Crippen molar-refractivity contribution in [2.45, 2.75) is 206 Å². The maximum atomic E-state index is 5.79. The van der Waals surface area contributed by atoms with Crippen molar-refractivity contribution in [3.63, 3.8) is 0 Å². The van der Waals surface area contributed by atoms with Crippen molar-refractivity contribution in [3.8, 4) is 0 Å². The number of rotatable bonds is 38.